The molecule has 4 aliphatic rings. The van der Waals surface area contributed by atoms with E-state index in [1.165, 1.54) is 19.3 Å². The number of nitrogens with zero attached hydrogens (tertiary/aromatic N) is 4. The van der Waals surface area contributed by atoms with Gasteiger partial charge in [0.2, 0.25) is 0 Å². The van der Waals surface area contributed by atoms with Crippen molar-refractivity contribution in [2.24, 2.45) is 17.8 Å². The number of rotatable bonds is 12. The molecular weight excluding hydrogens is 809 g/mol. The molecule has 2 saturated carbocycles. The molecule has 6 rings (SSSR count). The molecule has 0 aromatic carbocycles. The van der Waals surface area contributed by atoms with Crippen molar-refractivity contribution >= 4 is 70.9 Å². The molecule has 330 valence electrons. The van der Waals surface area contributed by atoms with Gasteiger partial charge in [0.1, 0.15) is 26.6 Å². The standard InChI is InChI=1S/C43H62N6O9S2/c1-41(2,3)57-39(53)49(40(54)58-42(4,5)6)35-31(21-29-25-55-29)32(59-47-35)36(50)44-23-28-17-12-16-27(20-28)22-43(7,8)56-38(52)45-34-30-18-13-19-48(37(51)33(30)60-46-34)24-26-14-10-9-11-15-26/h13,18,26-29H,9-12,14-17,19-25H2,1-8H3,(H,44,50)(H,45,46,52). The summed E-state index contributed by atoms with van der Waals surface area (Å²) in [5, 5.41) is 5.90. The van der Waals surface area contributed by atoms with E-state index < -0.39 is 35.1 Å². The highest BCUT2D eigenvalue weighted by atomic mass is 32.1. The second-order valence-electron chi connectivity index (χ2n) is 19.2. The Balaban J connectivity index is 1.04. The van der Waals surface area contributed by atoms with Gasteiger partial charge in [0.05, 0.1) is 12.7 Å². The van der Waals surface area contributed by atoms with Gasteiger partial charge in [-0.05, 0) is 128 Å². The van der Waals surface area contributed by atoms with E-state index in [1.807, 2.05) is 30.9 Å². The van der Waals surface area contributed by atoms with Crippen LogP contribution in [0.1, 0.15) is 150 Å². The maximum atomic E-state index is 13.8. The minimum atomic E-state index is -0.952. The Morgan fingerprint density at radius 3 is 2.17 bits per heavy atom. The van der Waals surface area contributed by atoms with E-state index >= 15 is 0 Å². The molecule has 3 fully saturated rings. The van der Waals surface area contributed by atoms with E-state index in [9.17, 15) is 24.0 Å². The number of imide groups is 1. The molecule has 2 aliphatic carbocycles. The Morgan fingerprint density at radius 1 is 0.867 bits per heavy atom. The summed E-state index contributed by atoms with van der Waals surface area (Å²) >= 11 is 2.02. The molecule has 4 heterocycles. The Morgan fingerprint density at radius 2 is 1.52 bits per heavy atom. The minimum Gasteiger partial charge on any atom is -0.443 e. The number of carbonyl (C=O) groups excluding carboxylic acids is 5. The van der Waals surface area contributed by atoms with E-state index in [-0.39, 0.29) is 42.0 Å². The van der Waals surface area contributed by atoms with Crippen LogP contribution < -0.4 is 15.5 Å². The number of nitrogens with one attached hydrogen (secondary N) is 2. The number of anilines is 2. The van der Waals surface area contributed by atoms with Crippen LogP contribution in [0.25, 0.3) is 6.08 Å². The Kier molecular flexibility index (Phi) is 14.3. The fraction of sp³-hybridized carbons (Fsp3) is 0.698. The van der Waals surface area contributed by atoms with Crippen molar-refractivity contribution in [3.05, 3.63) is 27.0 Å². The number of epoxide rings is 1. The maximum absolute atomic E-state index is 13.8. The molecule has 3 unspecified atom stereocenters. The zero-order valence-corrected chi connectivity index (χ0v) is 38.0. The van der Waals surface area contributed by atoms with Crippen molar-refractivity contribution in [2.45, 2.75) is 149 Å². The molecule has 17 heteroatoms. The smallest absolute Gasteiger partial charge is 0.425 e. The summed E-state index contributed by atoms with van der Waals surface area (Å²) in [6, 6.07) is 0. The largest absolute Gasteiger partial charge is 0.443 e. The van der Waals surface area contributed by atoms with E-state index in [0.29, 0.717) is 58.7 Å². The zero-order valence-electron chi connectivity index (χ0n) is 36.4. The predicted octanol–water partition coefficient (Wildman–Crippen LogP) is 9.22. The summed E-state index contributed by atoms with van der Waals surface area (Å²) in [6.45, 7) is 16.2. The molecule has 15 nitrogen and oxygen atoms in total. The molecule has 2 aromatic heterocycles. The van der Waals surface area contributed by atoms with Crippen LogP contribution in [0, 0.1) is 17.8 Å². The van der Waals surface area contributed by atoms with Gasteiger partial charge in [-0.25, -0.2) is 14.4 Å². The average Bonchev–Trinajstić information content (AvgIpc) is 3.79. The summed E-state index contributed by atoms with van der Waals surface area (Å²) in [7, 11) is 0. The molecule has 60 heavy (non-hydrogen) atoms. The third kappa shape index (κ3) is 12.5. The molecule has 3 atom stereocenters. The number of hydrogen-bond donors (Lipinski definition) is 2. The topological polar surface area (TPSA) is 182 Å². The Labute approximate surface area is 361 Å². The predicted molar refractivity (Wildman–Crippen MR) is 231 cm³/mol. The van der Waals surface area contributed by atoms with Crippen LogP contribution in [0.15, 0.2) is 6.08 Å². The van der Waals surface area contributed by atoms with Crippen LogP contribution in [0.2, 0.25) is 0 Å². The highest BCUT2D eigenvalue weighted by Gasteiger charge is 2.40. The molecule has 2 aromatic rings. The lowest BCUT2D eigenvalue weighted by Gasteiger charge is -2.34. The van der Waals surface area contributed by atoms with Crippen molar-refractivity contribution in [1.29, 1.82) is 0 Å². The van der Waals surface area contributed by atoms with Crippen molar-refractivity contribution in [3.8, 4) is 0 Å². The van der Waals surface area contributed by atoms with Gasteiger partial charge in [0, 0.05) is 37.2 Å². The SMILES string of the molecule is CC(C)(C)OC(=O)N(C(=O)OC(C)(C)C)c1nsc(C(=O)NCC2CCCC(CC(C)(C)OC(=O)Nc3nsc4c3C=CCN(CC3CCCCC3)C4=O)C2)c1CC1CO1. The third-order valence-electron chi connectivity index (χ3n) is 11.0. The number of hydrogen-bond acceptors (Lipinski definition) is 13. The summed E-state index contributed by atoms with van der Waals surface area (Å²) in [5.74, 6) is 0.900. The van der Waals surface area contributed by atoms with Gasteiger partial charge in [0.25, 0.3) is 11.8 Å². The molecule has 0 spiro atoms. The molecule has 5 amide bonds. The van der Waals surface area contributed by atoms with Crippen LogP contribution in [0.5, 0.6) is 0 Å². The summed E-state index contributed by atoms with van der Waals surface area (Å²) in [4.78, 5) is 70.9. The molecule has 0 bridgehead atoms. The number of ether oxygens (including phenoxy) is 4. The Bertz CT molecular complexity index is 1890. The number of fused-ring (bicyclic) bond motifs is 1. The molecular formula is C43H62N6O9S2. The van der Waals surface area contributed by atoms with Crippen molar-refractivity contribution in [1.82, 2.24) is 19.0 Å². The van der Waals surface area contributed by atoms with Crippen LogP contribution >= 0.6 is 23.1 Å². The van der Waals surface area contributed by atoms with Crippen molar-refractivity contribution < 1.29 is 42.9 Å². The van der Waals surface area contributed by atoms with E-state index in [4.69, 9.17) is 18.9 Å². The highest BCUT2D eigenvalue weighted by molar-refractivity contribution is 7.09. The lowest BCUT2D eigenvalue weighted by Crippen LogP contribution is -2.44. The van der Waals surface area contributed by atoms with Crippen molar-refractivity contribution in [3.63, 3.8) is 0 Å². The quantitative estimate of drug-likeness (QED) is 0.153. The van der Waals surface area contributed by atoms with E-state index in [0.717, 1.165) is 73.0 Å². The molecule has 2 N–H and O–H groups in total. The van der Waals surface area contributed by atoms with Crippen LogP contribution in [0.4, 0.5) is 26.0 Å². The van der Waals surface area contributed by atoms with Crippen LogP contribution in [-0.2, 0) is 25.4 Å². The summed E-state index contributed by atoms with van der Waals surface area (Å²) in [6.07, 6.45) is 11.8. The lowest BCUT2D eigenvalue weighted by atomic mass is 9.77. The second-order valence-corrected chi connectivity index (χ2v) is 20.8. The Hall–Kier alpha value is -4.09. The minimum absolute atomic E-state index is 0.000211. The number of aromatic nitrogens is 2. The van der Waals surface area contributed by atoms with Gasteiger partial charge in [-0.3, -0.25) is 14.9 Å². The first kappa shape index (κ1) is 45.4. The first-order valence-electron chi connectivity index (χ1n) is 21.3. The fourth-order valence-electron chi connectivity index (χ4n) is 8.37. The van der Waals surface area contributed by atoms with Gasteiger partial charge in [-0.2, -0.15) is 13.6 Å². The number of carbonyl (C=O) groups is 5. The van der Waals surface area contributed by atoms with E-state index in [2.05, 4.69) is 19.4 Å². The van der Waals surface area contributed by atoms with Gasteiger partial charge < -0.3 is 29.2 Å². The van der Waals surface area contributed by atoms with Gasteiger partial charge in [-0.1, -0.05) is 44.3 Å². The highest BCUT2D eigenvalue weighted by Crippen LogP contribution is 2.37. The second kappa shape index (κ2) is 18.9. The van der Waals surface area contributed by atoms with Crippen LogP contribution in [-0.4, -0.2) is 92.9 Å². The lowest BCUT2D eigenvalue weighted by molar-refractivity contribution is 0.0211. The summed E-state index contributed by atoms with van der Waals surface area (Å²) < 4.78 is 31.5. The third-order valence-corrected chi connectivity index (χ3v) is 12.7. The van der Waals surface area contributed by atoms with Gasteiger partial charge in [-0.15, -0.1) is 0 Å². The fourth-order valence-corrected chi connectivity index (χ4v) is 9.98. The number of amides is 5. The van der Waals surface area contributed by atoms with Crippen LogP contribution in [0.3, 0.4) is 0 Å². The molecule has 2 aliphatic heterocycles. The first-order valence-corrected chi connectivity index (χ1v) is 22.9. The zero-order chi connectivity index (χ0) is 43.4. The first-order chi connectivity index (χ1) is 28.2. The molecule has 0 radical (unpaired) electrons. The van der Waals surface area contributed by atoms with E-state index in [1.54, 1.807) is 41.5 Å². The average molecular weight is 871 g/mol. The summed E-state index contributed by atoms with van der Waals surface area (Å²) in [5.41, 5.74) is -1.56. The maximum Gasteiger partial charge on any atom is 0.425 e. The monoisotopic (exact) mass is 870 g/mol. The van der Waals surface area contributed by atoms with Gasteiger partial charge >= 0.3 is 18.3 Å². The van der Waals surface area contributed by atoms with Gasteiger partial charge in [0.15, 0.2) is 11.6 Å². The molecule has 1 saturated heterocycles. The van der Waals surface area contributed by atoms with Crippen molar-refractivity contribution in [2.75, 3.05) is 36.5 Å². The normalized spacial score (nSPS) is 21.1.